The Hall–Kier alpha value is -1.73. The molecule has 2 atom stereocenters. The molecule has 1 fully saturated rings. The molecule has 0 N–H and O–H groups in total. The summed E-state index contributed by atoms with van der Waals surface area (Å²) in [4.78, 5) is 2.33. The average molecular weight is 305 g/mol. The molecule has 22 heavy (non-hydrogen) atoms. The van der Waals surface area contributed by atoms with E-state index in [-0.39, 0.29) is 12.1 Å². The molecule has 120 valence electrons. The molecule has 2 aromatic heterocycles. The van der Waals surface area contributed by atoms with Gasteiger partial charge >= 0.3 is 0 Å². The molecular weight excluding hydrogens is 282 g/mol. The molecule has 3 rings (SSSR count). The maximum absolute atomic E-state index is 5.90. The fourth-order valence-electron chi connectivity index (χ4n) is 2.89. The van der Waals surface area contributed by atoms with Gasteiger partial charge in [-0.1, -0.05) is 0 Å². The van der Waals surface area contributed by atoms with Crippen molar-refractivity contribution in [3.63, 3.8) is 0 Å². The number of morpholine rings is 1. The molecule has 7 nitrogen and oxygen atoms in total. The lowest BCUT2D eigenvalue weighted by molar-refractivity contribution is -0.0530. The average Bonchev–Trinajstić information content (AvgIpc) is 3.05. The molecule has 3 heterocycles. The first kappa shape index (κ1) is 15.2. The van der Waals surface area contributed by atoms with Crippen molar-refractivity contribution < 1.29 is 9.15 Å². The van der Waals surface area contributed by atoms with Crippen LogP contribution >= 0.6 is 0 Å². The maximum atomic E-state index is 5.90. The maximum Gasteiger partial charge on any atom is 0.233 e. The van der Waals surface area contributed by atoms with E-state index in [0.717, 1.165) is 25.3 Å². The standard InChI is InChI=1S/C15H23N5O2/c1-10-7-11(2)20(18-10)9-14-8-19(5-6-21-14)12(3)15-17-16-13(4)22-15/h7,12,14H,5-6,8-9H2,1-4H3. The van der Waals surface area contributed by atoms with Gasteiger partial charge in [0.15, 0.2) is 0 Å². The molecule has 1 saturated heterocycles. The largest absolute Gasteiger partial charge is 0.424 e. The van der Waals surface area contributed by atoms with Crippen LogP contribution in [-0.4, -0.2) is 50.7 Å². The predicted molar refractivity (Wildman–Crippen MR) is 80.5 cm³/mol. The summed E-state index contributed by atoms with van der Waals surface area (Å²) in [5, 5.41) is 12.6. The fraction of sp³-hybridized carbons (Fsp3) is 0.667. The van der Waals surface area contributed by atoms with E-state index in [9.17, 15) is 0 Å². The van der Waals surface area contributed by atoms with Crippen LogP contribution in [0, 0.1) is 20.8 Å². The first-order chi connectivity index (χ1) is 10.5. The van der Waals surface area contributed by atoms with E-state index in [1.165, 1.54) is 5.69 Å². The van der Waals surface area contributed by atoms with E-state index >= 15 is 0 Å². The number of aromatic nitrogens is 4. The Balaban J connectivity index is 1.65. The molecule has 0 saturated carbocycles. The monoisotopic (exact) mass is 305 g/mol. The van der Waals surface area contributed by atoms with Gasteiger partial charge in [-0.25, -0.2) is 0 Å². The van der Waals surface area contributed by atoms with E-state index in [4.69, 9.17) is 9.15 Å². The van der Waals surface area contributed by atoms with Crippen molar-refractivity contribution in [2.45, 2.75) is 46.4 Å². The van der Waals surface area contributed by atoms with Crippen LogP contribution < -0.4 is 0 Å². The minimum atomic E-state index is 0.105. The Morgan fingerprint density at radius 1 is 1.32 bits per heavy atom. The van der Waals surface area contributed by atoms with Gasteiger partial charge in [-0.2, -0.15) is 5.10 Å². The predicted octanol–water partition coefficient (Wildman–Crippen LogP) is 1.65. The third-order valence-corrected chi connectivity index (χ3v) is 4.10. The van der Waals surface area contributed by atoms with Crippen LogP contribution in [0.1, 0.15) is 36.1 Å². The summed E-state index contributed by atoms with van der Waals surface area (Å²) in [5.41, 5.74) is 2.21. The lowest BCUT2D eigenvalue weighted by atomic mass is 10.2. The Kier molecular flexibility index (Phi) is 4.26. The number of rotatable bonds is 4. The zero-order valence-electron chi connectivity index (χ0n) is 13.6. The summed E-state index contributed by atoms with van der Waals surface area (Å²) in [6.45, 7) is 11.2. The molecule has 1 aliphatic rings. The summed E-state index contributed by atoms with van der Waals surface area (Å²) in [5.74, 6) is 1.28. The molecule has 0 aromatic carbocycles. The lowest BCUT2D eigenvalue weighted by Gasteiger charge is -2.35. The molecule has 1 aliphatic heterocycles. The Morgan fingerprint density at radius 3 is 2.77 bits per heavy atom. The number of nitrogens with zero attached hydrogens (tertiary/aromatic N) is 5. The Morgan fingerprint density at radius 2 is 2.14 bits per heavy atom. The van der Waals surface area contributed by atoms with Gasteiger partial charge in [0.2, 0.25) is 11.8 Å². The minimum absolute atomic E-state index is 0.105. The van der Waals surface area contributed by atoms with Crippen molar-refractivity contribution in [1.82, 2.24) is 24.9 Å². The zero-order valence-corrected chi connectivity index (χ0v) is 13.6. The smallest absolute Gasteiger partial charge is 0.233 e. The van der Waals surface area contributed by atoms with Gasteiger partial charge in [0, 0.05) is 25.7 Å². The highest BCUT2D eigenvalue weighted by atomic mass is 16.5. The Bertz CT molecular complexity index is 636. The first-order valence-electron chi connectivity index (χ1n) is 7.69. The third-order valence-electron chi connectivity index (χ3n) is 4.10. The molecule has 0 radical (unpaired) electrons. The molecule has 0 spiro atoms. The summed E-state index contributed by atoms with van der Waals surface area (Å²) < 4.78 is 13.5. The van der Waals surface area contributed by atoms with Crippen molar-refractivity contribution >= 4 is 0 Å². The molecule has 2 unspecified atom stereocenters. The molecule has 0 bridgehead atoms. The van der Waals surface area contributed by atoms with Gasteiger partial charge in [0.25, 0.3) is 0 Å². The summed E-state index contributed by atoms with van der Waals surface area (Å²) in [7, 11) is 0. The van der Waals surface area contributed by atoms with Crippen LogP contribution in [0.15, 0.2) is 10.5 Å². The minimum Gasteiger partial charge on any atom is -0.424 e. The van der Waals surface area contributed by atoms with Gasteiger partial charge in [-0.3, -0.25) is 9.58 Å². The van der Waals surface area contributed by atoms with Crippen LogP contribution in [0.4, 0.5) is 0 Å². The summed E-state index contributed by atoms with van der Waals surface area (Å²) >= 11 is 0. The molecule has 7 heteroatoms. The van der Waals surface area contributed by atoms with E-state index in [2.05, 4.69) is 40.1 Å². The topological polar surface area (TPSA) is 69.2 Å². The highest BCUT2D eigenvalue weighted by Crippen LogP contribution is 2.22. The van der Waals surface area contributed by atoms with Gasteiger partial charge in [-0.05, 0) is 26.8 Å². The van der Waals surface area contributed by atoms with Gasteiger partial charge in [0.1, 0.15) is 0 Å². The first-order valence-corrected chi connectivity index (χ1v) is 7.69. The quantitative estimate of drug-likeness (QED) is 0.855. The SMILES string of the molecule is Cc1cc(C)n(CC2CN(C(C)c3nnc(C)o3)CCO2)n1. The number of aryl methyl sites for hydroxylation is 3. The fourth-order valence-corrected chi connectivity index (χ4v) is 2.89. The second kappa shape index (κ2) is 6.18. The van der Waals surface area contributed by atoms with Gasteiger partial charge in [0.05, 0.1) is 31.0 Å². The number of hydrogen-bond acceptors (Lipinski definition) is 6. The van der Waals surface area contributed by atoms with Crippen LogP contribution in [-0.2, 0) is 11.3 Å². The molecule has 2 aromatic rings. The van der Waals surface area contributed by atoms with Crippen molar-refractivity contribution in [1.29, 1.82) is 0 Å². The van der Waals surface area contributed by atoms with Crippen LogP contribution in [0.2, 0.25) is 0 Å². The molecule has 0 aliphatic carbocycles. The van der Waals surface area contributed by atoms with Crippen molar-refractivity contribution in [3.8, 4) is 0 Å². The van der Waals surface area contributed by atoms with E-state index in [1.54, 1.807) is 0 Å². The highest BCUT2D eigenvalue weighted by molar-refractivity contribution is 5.06. The second-order valence-electron chi connectivity index (χ2n) is 5.93. The van der Waals surface area contributed by atoms with Gasteiger partial charge in [-0.15, -0.1) is 10.2 Å². The summed E-state index contributed by atoms with van der Waals surface area (Å²) in [6, 6.07) is 2.19. The molecule has 0 amide bonds. The van der Waals surface area contributed by atoms with Crippen LogP contribution in [0.25, 0.3) is 0 Å². The van der Waals surface area contributed by atoms with Crippen molar-refractivity contribution in [2.75, 3.05) is 19.7 Å². The second-order valence-corrected chi connectivity index (χ2v) is 5.93. The number of ether oxygens (including phenoxy) is 1. The highest BCUT2D eigenvalue weighted by Gasteiger charge is 2.28. The van der Waals surface area contributed by atoms with Crippen molar-refractivity contribution in [3.05, 3.63) is 29.2 Å². The van der Waals surface area contributed by atoms with Gasteiger partial charge < -0.3 is 9.15 Å². The van der Waals surface area contributed by atoms with Crippen LogP contribution in [0.3, 0.4) is 0 Å². The molecular formula is C15H23N5O2. The lowest BCUT2D eigenvalue weighted by Crippen LogP contribution is -2.45. The third kappa shape index (κ3) is 3.20. The normalized spacial score (nSPS) is 21.2. The number of hydrogen-bond donors (Lipinski definition) is 0. The van der Waals surface area contributed by atoms with E-state index in [1.807, 2.05) is 18.5 Å². The van der Waals surface area contributed by atoms with E-state index in [0.29, 0.717) is 18.4 Å². The van der Waals surface area contributed by atoms with Crippen molar-refractivity contribution in [2.24, 2.45) is 0 Å². The van der Waals surface area contributed by atoms with E-state index < -0.39 is 0 Å². The Labute approximate surface area is 130 Å². The summed E-state index contributed by atoms with van der Waals surface area (Å²) in [6.07, 6.45) is 0.123. The van der Waals surface area contributed by atoms with Crippen LogP contribution in [0.5, 0.6) is 0 Å². The zero-order chi connectivity index (χ0) is 15.7.